The molecule has 5 heteroatoms. The molecule has 0 aliphatic heterocycles. The standard InChI is InChI=1S/C19H21BrO4/c1-4-22-18-11-15(12-21)10-16(20)19(18)24-8-7-23-17-9-13(2)5-6-14(17)3/h5-6,9-12H,4,7-8H2,1-3H3. The molecule has 0 fully saturated rings. The van der Waals surface area contributed by atoms with Gasteiger partial charge in [0.25, 0.3) is 0 Å². The second-order valence-electron chi connectivity index (χ2n) is 5.35. The van der Waals surface area contributed by atoms with Crippen molar-refractivity contribution in [2.24, 2.45) is 0 Å². The lowest BCUT2D eigenvalue weighted by Gasteiger charge is -2.15. The zero-order valence-electron chi connectivity index (χ0n) is 14.1. The Balaban J connectivity index is 2.01. The topological polar surface area (TPSA) is 44.8 Å². The molecule has 0 atom stereocenters. The molecule has 0 bridgehead atoms. The third-order valence-corrected chi connectivity index (χ3v) is 3.99. The summed E-state index contributed by atoms with van der Waals surface area (Å²) < 4.78 is 17.8. The fourth-order valence-electron chi connectivity index (χ4n) is 2.22. The van der Waals surface area contributed by atoms with E-state index in [1.807, 2.05) is 32.9 Å². The average Bonchev–Trinajstić information content (AvgIpc) is 2.56. The molecule has 0 aromatic heterocycles. The van der Waals surface area contributed by atoms with Crippen LogP contribution in [0.2, 0.25) is 0 Å². The zero-order valence-corrected chi connectivity index (χ0v) is 15.7. The number of benzene rings is 2. The zero-order chi connectivity index (χ0) is 17.5. The van der Waals surface area contributed by atoms with Gasteiger partial charge in [-0.15, -0.1) is 0 Å². The van der Waals surface area contributed by atoms with Crippen molar-refractivity contribution < 1.29 is 19.0 Å². The third kappa shape index (κ3) is 4.74. The van der Waals surface area contributed by atoms with Crippen molar-refractivity contribution in [3.63, 3.8) is 0 Å². The Bertz CT molecular complexity index is 713. The van der Waals surface area contributed by atoms with E-state index in [9.17, 15) is 4.79 Å². The molecule has 0 spiro atoms. The van der Waals surface area contributed by atoms with Crippen LogP contribution in [0.25, 0.3) is 0 Å². The predicted molar refractivity (Wildman–Crippen MR) is 97.6 cm³/mol. The summed E-state index contributed by atoms with van der Waals surface area (Å²) in [4.78, 5) is 11.0. The first-order chi connectivity index (χ1) is 11.5. The van der Waals surface area contributed by atoms with E-state index in [-0.39, 0.29) is 0 Å². The van der Waals surface area contributed by atoms with Gasteiger partial charge in [-0.2, -0.15) is 0 Å². The molecule has 0 amide bonds. The van der Waals surface area contributed by atoms with E-state index < -0.39 is 0 Å². The maximum atomic E-state index is 11.0. The molecule has 2 rings (SSSR count). The van der Waals surface area contributed by atoms with Crippen LogP contribution in [0.4, 0.5) is 0 Å². The van der Waals surface area contributed by atoms with E-state index in [0.717, 1.165) is 23.2 Å². The van der Waals surface area contributed by atoms with Crippen LogP contribution in [0, 0.1) is 13.8 Å². The van der Waals surface area contributed by atoms with Gasteiger partial charge in [-0.25, -0.2) is 0 Å². The molecule has 128 valence electrons. The Kier molecular flexibility index (Phi) is 6.67. The summed E-state index contributed by atoms with van der Waals surface area (Å²) in [5, 5.41) is 0. The quantitative estimate of drug-likeness (QED) is 0.480. The minimum Gasteiger partial charge on any atom is -0.490 e. The number of carbonyl (C=O) groups is 1. The summed E-state index contributed by atoms with van der Waals surface area (Å²) in [5.41, 5.74) is 2.78. The highest BCUT2D eigenvalue weighted by Crippen LogP contribution is 2.36. The number of rotatable bonds is 8. The van der Waals surface area contributed by atoms with Crippen LogP contribution in [0.3, 0.4) is 0 Å². The second-order valence-corrected chi connectivity index (χ2v) is 6.20. The number of hydrogen-bond donors (Lipinski definition) is 0. The third-order valence-electron chi connectivity index (χ3n) is 3.40. The Labute approximate surface area is 150 Å². The van der Waals surface area contributed by atoms with E-state index in [2.05, 4.69) is 22.0 Å². The summed E-state index contributed by atoms with van der Waals surface area (Å²) in [6.07, 6.45) is 0.778. The number of carbonyl (C=O) groups excluding carboxylic acids is 1. The SMILES string of the molecule is CCOc1cc(C=O)cc(Br)c1OCCOc1cc(C)ccc1C. The van der Waals surface area contributed by atoms with Gasteiger partial charge < -0.3 is 14.2 Å². The highest BCUT2D eigenvalue weighted by atomic mass is 79.9. The van der Waals surface area contributed by atoms with Crippen LogP contribution in [0.15, 0.2) is 34.8 Å². The molecular weight excluding hydrogens is 372 g/mol. The first-order valence-corrected chi connectivity index (χ1v) is 8.58. The minimum atomic E-state index is 0.368. The Morgan fingerprint density at radius 2 is 1.75 bits per heavy atom. The number of aldehydes is 1. The lowest BCUT2D eigenvalue weighted by molar-refractivity contribution is 0.112. The van der Waals surface area contributed by atoms with Crippen molar-refractivity contribution in [3.05, 3.63) is 51.5 Å². The molecule has 0 unspecified atom stereocenters. The fraction of sp³-hybridized carbons (Fsp3) is 0.316. The Morgan fingerprint density at radius 1 is 1.00 bits per heavy atom. The van der Waals surface area contributed by atoms with Crippen LogP contribution in [0.1, 0.15) is 28.4 Å². The molecule has 0 radical (unpaired) electrons. The van der Waals surface area contributed by atoms with Crippen molar-refractivity contribution >= 4 is 22.2 Å². The van der Waals surface area contributed by atoms with Crippen LogP contribution in [0.5, 0.6) is 17.2 Å². The number of hydrogen-bond acceptors (Lipinski definition) is 4. The van der Waals surface area contributed by atoms with E-state index in [4.69, 9.17) is 14.2 Å². The number of ether oxygens (including phenoxy) is 3. The van der Waals surface area contributed by atoms with Crippen molar-refractivity contribution in [1.82, 2.24) is 0 Å². The summed E-state index contributed by atoms with van der Waals surface area (Å²) in [6.45, 7) is 7.20. The van der Waals surface area contributed by atoms with E-state index in [0.29, 0.717) is 41.4 Å². The summed E-state index contributed by atoms with van der Waals surface area (Å²) in [5.74, 6) is 1.98. The molecule has 4 nitrogen and oxygen atoms in total. The minimum absolute atomic E-state index is 0.368. The van der Waals surface area contributed by atoms with Crippen molar-refractivity contribution in [2.75, 3.05) is 19.8 Å². The van der Waals surface area contributed by atoms with Crippen LogP contribution in [-0.2, 0) is 0 Å². The van der Waals surface area contributed by atoms with E-state index >= 15 is 0 Å². The number of halogens is 1. The van der Waals surface area contributed by atoms with Gasteiger partial charge in [0.1, 0.15) is 25.2 Å². The molecule has 2 aromatic carbocycles. The van der Waals surface area contributed by atoms with Gasteiger partial charge in [0.2, 0.25) is 0 Å². The largest absolute Gasteiger partial charge is 0.490 e. The Hall–Kier alpha value is -2.01. The van der Waals surface area contributed by atoms with Gasteiger partial charge in [0.15, 0.2) is 11.5 Å². The van der Waals surface area contributed by atoms with Gasteiger partial charge >= 0.3 is 0 Å². The first kappa shape index (κ1) is 18.3. The van der Waals surface area contributed by atoms with Gasteiger partial charge in [-0.3, -0.25) is 4.79 Å². The molecular formula is C19H21BrO4. The van der Waals surface area contributed by atoms with Crippen LogP contribution < -0.4 is 14.2 Å². The smallest absolute Gasteiger partial charge is 0.175 e. The van der Waals surface area contributed by atoms with Crippen molar-refractivity contribution in [1.29, 1.82) is 0 Å². The maximum Gasteiger partial charge on any atom is 0.175 e. The maximum absolute atomic E-state index is 11.0. The van der Waals surface area contributed by atoms with Crippen LogP contribution in [-0.4, -0.2) is 26.1 Å². The molecule has 0 saturated heterocycles. The second kappa shape index (κ2) is 8.73. The number of aryl methyl sites for hydroxylation is 2. The molecule has 0 saturated carbocycles. The summed E-state index contributed by atoms with van der Waals surface area (Å²) >= 11 is 3.42. The van der Waals surface area contributed by atoms with E-state index in [1.165, 1.54) is 0 Å². The molecule has 0 N–H and O–H groups in total. The monoisotopic (exact) mass is 392 g/mol. The fourth-order valence-corrected chi connectivity index (χ4v) is 2.79. The molecule has 0 heterocycles. The summed E-state index contributed by atoms with van der Waals surface area (Å²) in [6, 6.07) is 9.47. The molecule has 24 heavy (non-hydrogen) atoms. The van der Waals surface area contributed by atoms with Crippen LogP contribution >= 0.6 is 15.9 Å². The lowest BCUT2D eigenvalue weighted by atomic mass is 10.1. The van der Waals surface area contributed by atoms with Crippen molar-refractivity contribution in [2.45, 2.75) is 20.8 Å². The van der Waals surface area contributed by atoms with E-state index in [1.54, 1.807) is 12.1 Å². The normalized spacial score (nSPS) is 10.3. The average molecular weight is 393 g/mol. The van der Waals surface area contributed by atoms with Crippen molar-refractivity contribution in [3.8, 4) is 17.2 Å². The molecule has 2 aromatic rings. The highest BCUT2D eigenvalue weighted by Gasteiger charge is 2.12. The predicted octanol–water partition coefficient (Wildman–Crippen LogP) is 4.73. The van der Waals surface area contributed by atoms with Gasteiger partial charge in [-0.1, -0.05) is 12.1 Å². The van der Waals surface area contributed by atoms with Gasteiger partial charge in [0, 0.05) is 5.56 Å². The first-order valence-electron chi connectivity index (χ1n) is 7.79. The highest BCUT2D eigenvalue weighted by molar-refractivity contribution is 9.10. The molecule has 0 aliphatic carbocycles. The van der Waals surface area contributed by atoms with Gasteiger partial charge in [-0.05, 0) is 66.0 Å². The Morgan fingerprint density at radius 3 is 2.46 bits per heavy atom. The lowest BCUT2D eigenvalue weighted by Crippen LogP contribution is -2.11. The molecule has 0 aliphatic rings. The van der Waals surface area contributed by atoms with Gasteiger partial charge in [0.05, 0.1) is 11.1 Å². The summed E-state index contributed by atoms with van der Waals surface area (Å²) in [7, 11) is 0.